The van der Waals surface area contributed by atoms with Gasteiger partial charge >= 0.3 is 0 Å². The monoisotopic (exact) mass is 334 g/mol. The van der Waals surface area contributed by atoms with Crippen molar-refractivity contribution in [2.75, 3.05) is 26.7 Å². The molecule has 1 amide bonds. The van der Waals surface area contributed by atoms with Gasteiger partial charge in [-0.05, 0) is 31.2 Å². The molecular weight excluding hydrogens is 312 g/mol. The van der Waals surface area contributed by atoms with Gasteiger partial charge in [0, 0.05) is 32.0 Å². The number of likely N-dealkylation sites (N-methyl/N-ethyl adjacent to an activating group) is 1. The summed E-state index contributed by atoms with van der Waals surface area (Å²) in [5.74, 6) is 0.00961. The quantitative estimate of drug-likeness (QED) is 0.724. The lowest BCUT2D eigenvalue weighted by Crippen LogP contribution is -2.49. The van der Waals surface area contributed by atoms with Gasteiger partial charge in [-0.2, -0.15) is 0 Å². The molecule has 25 heavy (non-hydrogen) atoms. The number of rotatable bonds is 2. The molecule has 1 aliphatic rings. The minimum Gasteiger partial charge on any atom is -0.334 e. The fourth-order valence-electron chi connectivity index (χ4n) is 3.46. The summed E-state index contributed by atoms with van der Waals surface area (Å²) in [5, 5.41) is 0. The van der Waals surface area contributed by atoms with E-state index in [0.717, 1.165) is 24.3 Å². The second-order valence-electron chi connectivity index (χ2n) is 6.76. The Labute approximate surface area is 147 Å². The highest BCUT2D eigenvalue weighted by atomic mass is 16.2. The summed E-state index contributed by atoms with van der Waals surface area (Å²) < 4.78 is 1.92. The summed E-state index contributed by atoms with van der Waals surface area (Å²) >= 11 is 0. The lowest BCUT2D eigenvalue weighted by atomic mass is 10.0. The molecule has 0 spiro atoms. The van der Waals surface area contributed by atoms with Crippen LogP contribution >= 0.6 is 0 Å². The predicted molar refractivity (Wildman–Crippen MR) is 97.6 cm³/mol. The highest BCUT2D eigenvalue weighted by Crippen LogP contribution is 2.24. The maximum absolute atomic E-state index is 13.0. The average molecular weight is 334 g/mol. The number of aromatic nitrogens is 2. The number of hydrogen-bond donors (Lipinski definition) is 0. The van der Waals surface area contributed by atoms with Crippen LogP contribution in [0, 0.1) is 6.92 Å². The molecule has 3 heterocycles. The van der Waals surface area contributed by atoms with Gasteiger partial charge in [-0.25, -0.2) is 4.98 Å². The highest BCUT2D eigenvalue weighted by molar-refractivity contribution is 5.93. The fourth-order valence-corrected chi connectivity index (χ4v) is 3.46. The van der Waals surface area contributed by atoms with Gasteiger partial charge in [-0.3, -0.25) is 9.69 Å². The number of benzene rings is 1. The maximum Gasteiger partial charge on any atom is 0.274 e. The first-order valence-electron chi connectivity index (χ1n) is 8.61. The lowest BCUT2D eigenvalue weighted by Gasteiger charge is -2.39. The zero-order chi connectivity index (χ0) is 17.4. The molecule has 1 aromatic carbocycles. The minimum absolute atomic E-state index is 0.00961. The van der Waals surface area contributed by atoms with E-state index in [4.69, 9.17) is 0 Å². The molecule has 1 saturated heterocycles. The number of nitrogens with zero attached hydrogens (tertiary/aromatic N) is 4. The van der Waals surface area contributed by atoms with Crippen LogP contribution in [0.1, 0.15) is 27.7 Å². The molecule has 5 nitrogen and oxygen atoms in total. The number of aryl methyl sites for hydroxylation is 1. The predicted octanol–water partition coefficient (Wildman–Crippen LogP) is 2.77. The fraction of sp³-hybridized carbons (Fsp3) is 0.300. The molecule has 0 radical (unpaired) electrons. The third-order valence-electron chi connectivity index (χ3n) is 4.94. The molecule has 0 N–H and O–H groups in total. The molecule has 3 aromatic rings. The van der Waals surface area contributed by atoms with Crippen LogP contribution in [0.15, 0.2) is 54.9 Å². The van der Waals surface area contributed by atoms with E-state index in [1.54, 1.807) is 0 Å². The van der Waals surface area contributed by atoms with Gasteiger partial charge < -0.3 is 9.30 Å². The number of carbonyl (C=O) groups excluding carboxylic acids is 1. The Morgan fingerprint density at radius 3 is 2.68 bits per heavy atom. The Balaban J connectivity index is 1.58. The first-order chi connectivity index (χ1) is 12.1. The van der Waals surface area contributed by atoms with Crippen molar-refractivity contribution >= 4 is 11.6 Å². The van der Waals surface area contributed by atoms with Gasteiger partial charge in [-0.1, -0.05) is 36.4 Å². The van der Waals surface area contributed by atoms with E-state index in [-0.39, 0.29) is 11.9 Å². The number of amides is 1. The van der Waals surface area contributed by atoms with Crippen LogP contribution < -0.4 is 0 Å². The topological polar surface area (TPSA) is 40.9 Å². The van der Waals surface area contributed by atoms with E-state index in [0.29, 0.717) is 12.2 Å². The van der Waals surface area contributed by atoms with E-state index in [1.807, 2.05) is 58.9 Å². The van der Waals surface area contributed by atoms with E-state index >= 15 is 0 Å². The van der Waals surface area contributed by atoms with Crippen molar-refractivity contribution in [2.24, 2.45) is 0 Å². The molecule has 128 valence electrons. The van der Waals surface area contributed by atoms with Crippen LogP contribution in [0.25, 0.3) is 5.65 Å². The van der Waals surface area contributed by atoms with Gasteiger partial charge in [0.2, 0.25) is 0 Å². The maximum atomic E-state index is 13.0. The number of piperazine rings is 1. The number of carbonyl (C=O) groups is 1. The van der Waals surface area contributed by atoms with Gasteiger partial charge in [0.15, 0.2) is 0 Å². The van der Waals surface area contributed by atoms with Crippen LogP contribution in [-0.4, -0.2) is 51.8 Å². The van der Waals surface area contributed by atoms with E-state index in [9.17, 15) is 4.79 Å². The van der Waals surface area contributed by atoms with Crippen molar-refractivity contribution in [3.05, 3.63) is 71.7 Å². The first kappa shape index (κ1) is 15.8. The van der Waals surface area contributed by atoms with Crippen LogP contribution in [-0.2, 0) is 0 Å². The lowest BCUT2D eigenvalue weighted by molar-refractivity contribution is 0.0541. The zero-order valence-corrected chi connectivity index (χ0v) is 14.6. The van der Waals surface area contributed by atoms with Crippen LogP contribution in [0.3, 0.4) is 0 Å². The summed E-state index contributed by atoms with van der Waals surface area (Å²) in [5.41, 5.74) is 3.71. The molecule has 1 atom stereocenters. The van der Waals surface area contributed by atoms with E-state index < -0.39 is 0 Å². The van der Waals surface area contributed by atoms with Crippen molar-refractivity contribution in [2.45, 2.75) is 13.0 Å². The Morgan fingerprint density at radius 1 is 1.08 bits per heavy atom. The zero-order valence-electron chi connectivity index (χ0n) is 14.6. The molecule has 1 fully saturated rings. The van der Waals surface area contributed by atoms with Crippen LogP contribution in [0.2, 0.25) is 0 Å². The van der Waals surface area contributed by atoms with E-state index in [1.165, 1.54) is 5.56 Å². The molecular formula is C20H22N4O. The summed E-state index contributed by atoms with van der Waals surface area (Å²) in [4.78, 5) is 21.7. The molecule has 5 heteroatoms. The number of fused-ring (bicyclic) bond motifs is 1. The van der Waals surface area contributed by atoms with Crippen LogP contribution in [0.5, 0.6) is 0 Å². The molecule has 0 saturated carbocycles. The summed E-state index contributed by atoms with van der Waals surface area (Å²) in [6.45, 7) is 4.31. The second kappa shape index (κ2) is 6.33. The average Bonchev–Trinajstić information content (AvgIpc) is 3.05. The van der Waals surface area contributed by atoms with Crippen LogP contribution in [0.4, 0.5) is 0 Å². The molecule has 0 aliphatic carbocycles. The highest BCUT2D eigenvalue weighted by Gasteiger charge is 2.29. The first-order valence-corrected chi connectivity index (χ1v) is 8.61. The Hall–Kier alpha value is -2.66. The smallest absolute Gasteiger partial charge is 0.274 e. The number of hydrogen-bond acceptors (Lipinski definition) is 3. The Kier molecular flexibility index (Phi) is 4.01. The summed E-state index contributed by atoms with van der Waals surface area (Å²) in [6, 6.07) is 14.6. The summed E-state index contributed by atoms with van der Waals surface area (Å²) in [6.07, 6.45) is 3.83. The SMILES string of the molecule is Cc1ccc2nc(C(=O)N3CCN(C)[C@H](c4ccccc4)C3)cn2c1. The van der Waals surface area contributed by atoms with Crippen molar-refractivity contribution < 1.29 is 4.79 Å². The molecule has 1 aliphatic heterocycles. The third-order valence-corrected chi connectivity index (χ3v) is 4.94. The van der Waals surface area contributed by atoms with Gasteiger partial charge in [-0.15, -0.1) is 0 Å². The normalized spacial score (nSPS) is 18.6. The van der Waals surface area contributed by atoms with Crippen molar-refractivity contribution in [3.8, 4) is 0 Å². The molecule has 4 rings (SSSR count). The summed E-state index contributed by atoms with van der Waals surface area (Å²) in [7, 11) is 2.12. The Morgan fingerprint density at radius 2 is 1.88 bits per heavy atom. The largest absolute Gasteiger partial charge is 0.334 e. The van der Waals surface area contributed by atoms with Gasteiger partial charge in [0.1, 0.15) is 11.3 Å². The minimum atomic E-state index is 0.00961. The Bertz CT molecular complexity index is 902. The van der Waals surface area contributed by atoms with Gasteiger partial charge in [0.25, 0.3) is 5.91 Å². The number of pyridine rings is 1. The number of imidazole rings is 1. The molecule has 0 bridgehead atoms. The van der Waals surface area contributed by atoms with Gasteiger partial charge in [0.05, 0.1) is 6.04 Å². The van der Waals surface area contributed by atoms with Crippen molar-refractivity contribution in [3.63, 3.8) is 0 Å². The molecule has 0 unspecified atom stereocenters. The van der Waals surface area contributed by atoms with E-state index in [2.05, 4.69) is 29.1 Å². The van der Waals surface area contributed by atoms with Crippen molar-refractivity contribution in [1.29, 1.82) is 0 Å². The second-order valence-corrected chi connectivity index (χ2v) is 6.76. The standard InChI is InChI=1S/C20H22N4O/c1-15-8-9-19-21-17(13-24(19)12-15)20(25)23-11-10-22(2)18(14-23)16-6-4-3-5-7-16/h3-9,12-13,18H,10-11,14H2,1-2H3/t18-/m0/s1. The van der Waals surface area contributed by atoms with Crippen molar-refractivity contribution in [1.82, 2.24) is 19.2 Å². The third kappa shape index (κ3) is 3.03. The molecule has 2 aromatic heterocycles.